The van der Waals surface area contributed by atoms with Gasteiger partial charge < -0.3 is 20.2 Å². The molecule has 0 aliphatic heterocycles. The van der Waals surface area contributed by atoms with Gasteiger partial charge in [-0.3, -0.25) is 4.79 Å². The fourth-order valence-corrected chi connectivity index (χ4v) is 4.95. The first-order chi connectivity index (χ1) is 14.5. The number of amides is 1. The van der Waals surface area contributed by atoms with Gasteiger partial charge in [-0.2, -0.15) is 0 Å². The molecule has 0 radical (unpaired) electrons. The number of ether oxygens (including phenoxy) is 1. The van der Waals surface area contributed by atoms with Gasteiger partial charge in [0.05, 0.1) is 18.5 Å². The second kappa shape index (κ2) is 6.74. The van der Waals surface area contributed by atoms with Crippen molar-refractivity contribution in [3.05, 3.63) is 58.6 Å². The average Bonchev–Trinajstić information content (AvgIpc) is 3.24. The van der Waals surface area contributed by atoms with Crippen LogP contribution in [0.25, 0.3) is 32.2 Å². The van der Waals surface area contributed by atoms with Gasteiger partial charge in [0.2, 0.25) is 0 Å². The van der Waals surface area contributed by atoms with Crippen LogP contribution in [0.4, 0.5) is 11.4 Å². The third kappa shape index (κ3) is 2.78. The average molecular weight is 417 g/mol. The van der Waals surface area contributed by atoms with E-state index in [1.165, 1.54) is 11.3 Å². The number of hydrogen-bond donors (Lipinski definition) is 2. The lowest BCUT2D eigenvalue weighted by atomic mass is 10.1. The first kappa shape index (κ1) is 18.4. The number of thiophene rings is 1. The fourth-order valence-electron chi connectivity index (χ4n) is 3.83. The summed E-state index contributed by atoms with van der Waals surface area (Å²) < 4.78 is 11.5. The van der Waals surface area contributed by atoms with E-state index in [-0.39, 0.29) is 5.91 Å². The van der Waals surface area contributed by atoms with Crippen LogP contribution in [0.2, 0.25) is 0 Å². The van der Waals surface area contributed by atoms with Gasteiger partial charge in [0, 0.05) is 27.9 Å². The number of methoxy groups -OCH3 is 1. The van der Waals surface area contributed by atoms with E-state index in [0.29, 0.717) is 27.6 Å². The number of benzene rings is 2. The Kier molecular flexibility index (Phi) is 4.15. The van der Waals surface area contributed by atoms with Crippen LogP contribution in [0.5, 0.6) is 5.75 Å². The van der Waals surface area contributed by atoms with E-state index >= 15 is 0 Å². The van der Waals surface area contributed by atoms with Crippen molar-refractivity contribution in [3.8, 4) is 5.75 Å². The number of nitrogens with zero attached hydrogens (tertiary/aromatic N) is 1. The molecular formula is C23H19N3O3S. The van der Waals surface area contributed by atoms with E-state index in [1.807, 2.05) is 50.2 Å². The van der Waals surface area contributed by atoms with E-state index in [2.05, 4.69) is 10.3 Å². The second-order valence-corrected chi connectivity index (χ2v) is 8.21. The Hall–Kier alpha value is -3.58. The summed E-state index contributed by atoms with van der Waals surface area (Å²) in [6.07, 6.45) is 0. The molecule has 0 aliphatic carbocycles. The van der Waals surface area contributed by atoms with Crippen LogP contribution in [-0.2, 0) is 0 Å². The highest BCUT2D eigenvalue weighted by Gasteiger charge is 2.21. The number of pyridine rings is 1. The Morgan fingerprint density at radius 1 is 1.13 bits per heavy atom. The highest BCUT2D eigenvalue weighted by atomic mass is 32.1. The molecule has 6 nitrogen and oxygen atoms in total. The molecule has 3 aromatic heterocycles. The molecule has 150 valence electrons. The molecule has 7 heteroatoms. The first-order valence-corrected chi connectivity index (χ1v) is 10.2. The van der Waals surface area contributed by atoms with Gasteiger partial charge in [-0.25, -0.2) is 4.98 Å². The lowest BCUT2D eigenvalue weighted by Gasteiger charge is -2.10. The summed E-state index contributed by atoms with van der Waals surface area (Å²) in [6, 6.07) is 13.4. The van der Waals surface area contributed by atoms with Crippen LogP contribution in [0, 0.1) is 13.8 Å². The third-order valence-corrected chi connectivity index (χ3v) is 6.28. The summed E-state index contributed by atoms with van der Waals surface area (Å²) >= 11 is 1.29. The SMILES string of the molecule is COc1cc2c(cc1NC(=O)c1sc3nc(C)cc(C)c3c1N)oc1ccccc12. The number of anilines is 2. The first-order valence-electron chi connectivity index (χ1n) is 9.43. The topological polar surface area (TPSA) is 90.4 Å². The number of furan rings is 1. The van der Waals surface area contributed by atoms with Crippen molar-refractivity contribution in [2.45, 2.75) is 13.8 Å². The van der Waals surface area contributed by atoms with Crippen LogP contribution in [0.1, 0.15) is 20.9 Å². The van der Waals surface area contributed by atoms with E-state index in [4.69, 9.17) is 14.9 Å². The van der Waals surface area contributed by atoms with Gasteiger partial charge in [0.25, 0.3) is 5.91 Å². The number of nitrogens with two attached hydrogens (primary N) is 1. The van der Waals surface area contributed by atoms with Gasteiger partial charge in [0.1, 0.15) is 26.6 Å². The molecule has 0 saturated heterocycles. The molecular weight excluding hydrogens is 398 g/mol. The second-order valence-electron chi connectivity index (χ2n) is 7.21. The zero-order valence-electron chi connectivity index (χ0n) is 16.7. The molecule has 3 N–H and O–H groups in total. The van der Waals surface area contributed by atoms with Crippen LogP contribution in [-0.4, -0.2) is 18.0 Å². The molecule has 0 atom stereocenters. The lowest BCUT2D eigenvalue weighted by Crippen LogP contribution is -2.12. The number of para-hydroxylation sites is 1. The predicted molar refractivity (Wildman–Crippen MR) is 122 cm³/mol. The zero-order chi connectivity index (χ0) is 21.0. The van der Waals surface area contributed by atoms with Crippen molar-refractivity contribution >= 4 is 60.8 Å². The Morgan fingerprint density at radius 3 is 2.73 bits per heavy atom. The molecule has 2 aromatic carbocycles. The maximum atomic E-state index is 13.1. The van der Waals surface area contributed by atoms with Crippen LogP contribution in [0.3, 0.4) is 0 Å². The normalized spacial score (nSPS) is 11.4. The summed E-state index contributed by atoms with van der Waals surface area (Å²) in [4.78, 5) is 18.8. The van der Waals surface area contributed by atoms with Crippen molar-refractivity contribution in [3.63, 3.8) is 0 Å². The summed E-state index contributed by atoms with van der Waals surface area (Å²) in [6.45, 7) is 3.90. The van der Waals surface area contributed by atoms with Gasteiger partial charge in [0.15, 0.2) is 0 Å². The number of carbonyl (C=O) groups excluding carboxylic acids is 1. The van der Waals surface area contributed by atoms with Crippen molar-refractivity contribution in [2.75, 3.05) is 18.2 Å². The van der Waals surface area contributed by atoms with Crippen molar-refractivity contribution in [2.24, 2.45) is 0 Å². The smallest absolute Gasteiger partial charge is 0.268 e. The molecule has 5 rings (SSSR count). The van der Waals surface area contributed by atoms with Gasteiger partial charge in [-0.05, 0) is 37.6 Å². The number of rotatable bonds is 3. The van der Waals surface area contributed by atoms with Crippen molar-refractivity contribution in [1.29, 1.82) is 0 Å². The Bertz CT molecular complexity index is 1470. The van der Waals surface area contributed by atoms with Gasteiger partial charge in [-0.1, -0.05) is 18.2 Å². The van der Waals surface area contributed by atoms with Gasteiger partial charge in [-0.15, -0.1) is 11.3 Å². The van der Waals surface area contributed by atoms with Gasteiger partial charge >= 0.3 is 0 Å². The minimum Gasteiger partial charge on any atom is -0.495 e. The maximum Gasteiger partial charge on any atom is 0.268 e. The number of fused-ring (bicyclic) bond motifs is 4. The summed E-state index contributed by atoms with van der Waals surface area (Å²) in [5, 5.41) is 5.68. The van der Waals surface area contributed by atoms with E-state index in [1.54, 1.807) is 13.2 Å². The maximum absolute atomic E-state index is 13.1. The number of aryl methyl sites for hydroxylation is 2. The zero-order valence-corrected chi connectivity index (χ0v) is 17.5. The third-order valence-electron chi connectivity index (χ3n) is 5.18. The minimum absolute atomic E-state index is 0.304. The molecule has 0 spiro atoms. The van der Waals surface area contributed by atoms with E-state index in [0.717, 1.165) is 37.8 Å². The van der Waals surface area contributed by atoms with Crippen molar-refractivity contribution in [1.82, 2.24) is 4.98 Å². The molecule has 5 aromatic rings. The largest absolute Gasteiger partial charge is 0.495 e. The Morgan fingerprint density at radius 2 is 1.93 bits per heavy atom. The molecule has 0 fully saturated rings. The quantitative estimate of drug-likeness (QED) is 0.395. The molecule has 0 saturated carbocycles. The monoisotopic (exact) mass is 417 g/mol. The summed E-state index contributed by atoms with van der Waals surface area (Å²) in [7, 11) is 1.57. The standard InChI is InChI=1S/C23H19N3O3S/c1-11-8-12(2)25-23-19(11)20(24)21(30-23)22(27)26-15-10-17-14(9-18(15)28-3)13-6-4-5-7-16(13)29-17/h4-10H,24H2,1-3H3,(H,26,27). The fraction of sp³-hybridized carbons (Fsp3) is 0.130. The lowest BCUT2D eigenvalue weighted by molar-refractivity contribution is 0.103. The Balaban J connectivity index is 1.59. The van der Waals surface area contributed by atoms with Crippen LogP contribution in [0.15, 0.2) is 46.9 Å². The molecule has 3 heterocycles. The minimum atomic E-state index is -0.304. The highest BCUT2D eigenvalue weighted by molar-refractivity contribution is 7.21. The predicted octanol–water partition coefficient (Wildman–Crippen LogP) is 5.66. The number of aromatic nitrogens is 1. The molecule has 0 aliphatic rings. The molecule has 0 unspecified atom stereocenters. The molecule has 1 amide bonds. The summed E-state index contributed by atoms with van der Waals surface area (Å²) in [5.41, 5.74) is 10.6. The molecule has 0 bridgehead atoms. The number of nitrogen functional groups attached to an aromatic ring is 1. The molecule has 30 heavy (non-hydrogen) atoms. The number of hydrogen-bond acceptors (Lipinski definition) is 6. The van der Waals surface area contributed by atoms with Crippen LogP contribution < -0.4 is 15.8 Å². The summed E-state index contributed by atoms with van der Waals surface area (Å²) in [5.74, 6) is 0.244. The number of nitrogens with one attached hydrogen (secondary N) is 1. The highest BCUT2D eigenvalue weighted by Crippen LogP contribution is 2.38. The van der Waals surface area contributed by atoms with E-state index < -0.39 is 0 Å². The van der Waals surface area contributed by atoms with Crippen LogP contribution >= 0.6 is 11.3 Å². The van der Waals surface area contributed by atoms with E-state index in [9.17, 15) is 4.79 Å². The van der Waals surface area contributed by atoms with Crippen molar-refractivity contribution < 1.29 is 13.9 Å². The number of carbonyl (C=O) groups is 1. The Labute approximate surface area is 176 Å².